The Morgan fingerprint density at radius 2 is 1.62 bits per heavy atom. The van der Waals surface area contributed by atoms with Gasteiger partial charge in [0.25, 0.3) is 0 Å². The molecule has 0 rings (SSSR count). The van der Waals surface area contributed by atoms with Gasteiger partial charge in [-0.05, 0) is 50.9 Å². The van der Waals surface area contributed by atoms with Crippen molar-refractivity contribution in [2.75, 3.05) is 59.9 Å². The van der Waals surface area contributed by atoms with Crippen LogP contribution in [0.25, 0.3) is 0 Å². The van der Waals surface area contributed by atoms with E-state index in [9.17, 15) is 9.90 Å². The third-order valence-corrected chi connectivity index (χ3v) is 10.2. The van der Waals surface area contributed by atoms with Crippen LogP contribution in [0.15, 0.2) is 12.5 Å². The van der Waals surface area contributed by atoms with Crippen LogP contribution in [-0.2, 0) is 28.2 Å². The molecule has 0 amide bonds. The summed E-state index contributed by atoms with van der Waals surface area (Å²) >= 11 is 0. The predicted molar refractivity (Wildman–Crippen MR) is 129 cm³/mol. The first-order chi connectivity index (χ1) is 14.9. The van der Waals surface area contributed by atoms with Gasteiger partial charge < -0.3 is 33.8 Å². The number of carbonyl (C=O) groups excluding carboxylic acids is 1. The van der Waals surface area contributed by atoms with Crippen LogP contribution in [0.2, 0.25) is 18.1 Å². The lowest BCUT2D eigenvalue weighted by molar-refractivity contribution is -0.162. The molecule has 0 spiro atoms. The van der Waals surface area contributed by atoms with Crippen LogP contribution in [0.3, 0.4) is 0 Å². The molecule has 0 aliphatic heterocycles. The third kappa shape index (κ3) is 12.8. The lowest BCUT2D eigenvalue weighted by Crippen LogP contribution is -2.40. The second kappa shape index (κ2) is 15.7. The van der Waals surface area contributed by atoms with Gasteiger partial charge in [-0.25, -0.2) is 0 Å². The molecule has 0 saturated heterocycles. The summed E-state index contributed by atoms with van der Waals surface area (Å²) in [4.78, 5) is 12.3. The highest BCUT2D eigenvalue weighted by molar-refractivity contribution is 6.74. The van der Waals surface area contributed by atoms with E-state index >= 15 is 0 Å². The molecule has 0 aromatic carbocycles. The maximum absolute atomic E-state index is 12.3. The molecule has 0 fully saturated rings. The average Bonchev–Trinajstić information content (AvgIpc) is 2.72. The second-order valence-corrected chi connectivity index (χ2v) is 14.6. The fourth-order valence-corrected chi connectivity index (χ4v) is 3.34. The van der Waals surface area contributed by atoms with Crippen LogP contribution in [0.4, 0.5) is 0 Å². The van der Waals surface area contributed by atoms with Gasteiger partial charge in [0, 0.05) is 20.3 Å². The Bertz CT molecular complexity index is 537. The topological polar surface area (TPSA) is 95.5 Å². The van der Waals surface area contributed by atoms with Crippen molar-refractivity contribution in [2.24, 2.45) is 5.41 Å². The molecule has 1 atom stereocenters. The number of methoxy groups -OCH3 is 1. The fraction of sp³-hybridized carbons (Fsp3) is 0.870. The zero-order valence-electron chi connectivity index (χ0n) is 21.4. The van der Waals surface area contributed by atoms with E-state index in [2.05, 4.69) is 45.8 Å². The molecule has 0 aliphatic carbocycles. The lowest BCUT2D eigenvalue weighted by atomic mass is 9.93. The number of aliphatic hydroxyl groups is 1. The molecule has 0 aromatic rings. The summed E-state index contributed by atoms with van der Waals surface area (Å²) in [6.45, 7) is 19.1. The van der Waals surface area contributed by atoms with Gasteiger partial charge in [-0.3, -0.25) is 4.79 Å². The first-order valence-corrected chi connectivity index (χ1v) is 14.3. The number of hydrogen-bond acceptors (Lipinski definition) is 8. The number of rotatable bonds is 19. The van der Waals surface area contributed by atoms with Crippen molar-refractivity contribution in [1.29, 1.82) is 0 Å². The second-order valence-electron chi connectivity index (χ2n) is 9.77. The van der Waals surface area contributed by atoms with E-state index in [-0.39, 0.29) is 24.9 Å². The van der Waals surface area contributed by atoms with Gasteiger partial charge in [0.1, 0.15) is 18.6 Å². The first kappa shape index (κ1) is 30.9. The van der Waals surface area contributed by atoms with Gasteiger partial charge in [-0.15, -0.1) is 0 Å². The van der Waals surface area contributed by atoms with Gasteiger partial charge in [0.2, 0.25) is 0 Å². The van der Waals surface area contributed by atoms with Crippen molar-refractivity contribution in [3.8, 4) is 0 Å². The molecule has 0 aliphatic rings. The molecular formula is C23H47NO7Si. The van der Waals surface area contributed by atoms with Crippen molar-refractivity contribution < 1.29 is 33.3 Å². The van der Waals surface area contributed by atoms with Crippen LogP contribution < -0.4 is 5.32 Å². The molecule has 190 valence electrons. The Balaban J connectivity index is 4.01. The number of esters is 1. The molecule has 9 heteroatoms. The number of carbonyl (C=O) groups is 1. The zero-order chi connectivity index (χ0) is 24.7. The van der Waals surface area contributed by atoms with E-state index in [0.717, 1.165) is 32.4 Å². The Labute approximate surface area is 196 Å². The van der Waals surface area contributed by atoms with Gasteiger partial charge in [-0.1, -0.05) is 20.8 Å². The highest BCUT2D eigenvalue weighted by Crippen LogP contribution is 2.36. The third-order valence-electron chi connectivity index (χ3n) is 5.71. The number of aliphatic hydroxyl groups excluding tert-OH is 1. The molecule has 0 heterocycles. The summed E-state index contributed by atoms with van der Waals surface area (Å²) in [6.07, 6.45) is 3.03. The Morgan fingerprint density at radius 1 is 0.969 bits per heavy atom. The summed E-state index contributed by atoms with van der Waals surface area (Å²) in [6, 6.07) is 0. The summed E-state index contributed by atoms with van der Waals surface area (Å²) in [7, 11) is -0.0814. The smallest absolute Gasteiger partial charge is 0.317 e. The van der Waals surface area contributed by atoms with E-state index in [1.54, 1.807) is 14.0 Å². The quantitative estimate of drug-likeness (QED) is 0.126. The molecule has 0 bridgehead atoms. The number of ether oxygens (including phenoxy) is 4. The zero-order valence-corrected chi connectivity index (χ0v) is 22.4. The minimum absolute atomic E-state index is 0.0287. The molecule has 32 heavy (non-hydrogen) atoms. The molecule has 2 N–H and O–H groups in total. The summed E-state index contributed by atoms with van der Waals surface area (Å²) in [5, 5.41) is 13.0. The number of hydrogen-bond donors (Lipinski definition) is 2. The van der Waals surface area contributed by atoms with Gasteiger partial charge in [-0.2, -0.15) is 0 Å². The fourth-order valence-electron chi connectivity index (χ4n) is 2.25. The number of unbranched alkanes of at least 4 members (excludes halogenated alkanes) is 2. The molecule has 0 saturated carbocycles. The summed E-state index contributed by atoms with van der Waals surface area (Å²) < 4.78 is 27.0. The van der Waals surface area contributed by atoms with E-state index in [1.807, 2.05) is 0 Å². The van der Waals surface area contributed by atoms with Crippen molar-refractivity contribution in [3.05, 3.63) is 12.5 Å². The van der Waals surface area contributed by atoms with E-state index in [4.69, 9.17) is 23.4 Å². The SMILES string of the molecule is C=C(NCCCCCO[Si](C)(C)C(C)(C)C)OCC(C)(CO)C(=O)OCCOCCOC. The van der Waals surface area contributed by atoms with Gasteiger partial charge >= 0.3 is 5.97 Å². The number of nitrogens with one attached hydrogen (secondary N) is 1. The maximum atomic E-state index is 12.3. The maximum Gasteiger partial charge on any atom is 0.317 e. The van der Waals surface area contributed by atoms with Crippen molar-refractivity contribution in [3.63, 3.8) is 0 Å². The summed E-state index contributed by atoms with van der Waals surface area (Å²) in [5.74, 6) is -0.164. The van der Waals surface area contributed by atoms with E-state index in [1.165, 1.54) is 0 Å². The molecule has 0 aromatic heterocycles. The Morgan fingerprint density at radius 3 is 2.22 bits per heavy atom. The van der Waals surface area contributed by atoms with E-state index in [0.29, 0.717) is 19.1 Å². The highest BCUT2D eigenvalue weighted by Gasteiger charge is 2.37. The van der Waals surface area contributed by atoms with Gasteiger partial charge in [0.15, 0.2) is 14.2 Å². The van der Waals surface area contributed by atoms with Crippen molar-refractivity contribution in [1.82, 2.24) is 5.32 Å². The summed E-state index contributed by atoms with van der Waals surface area (Å²) in [5.41, 5.74) is -1.17. The van der Waals surface area contributed by atoms with Crippen LogP contribution in [0.1, 0.15) is 47.0 Å². The molecule has 1 unspecified atom stereocenters. The van der Waals surface area contributed by atoms with Crippen molar-refractivity contribution >= 4 is 14.3 Å². The van der Waals surface area contributed by atoms with E-state index < -0.39 is 26.3 Å². The normalized spacial score (nSPS) is 14.0. The van der Waals surface area contributed by atoms with Gasteiger partial charge in [0.05, 0.1) is 26.4 Å². The van der Waals surface area contributed by atoms with Crippen LogP contribution in [0, 0.1) is 5.41 Å². The Kier molecular flexibility index (Phi) is 15.1. The first-order valence-electron chi connectivity index (χ1n) is 11.4. The molecule has 8 nitrogen and oxygen atoms in total. The highest BCUT2D eigenvalue weighted by atomic mass is 28.4. The predicted octanol–water partition coefficient (Wildman–Crippen LogP) is 3.46. The standard InChI is InChI=1S/C23H47NO7Si/c1-20(24-12-10-9-11-13-31-32(7,8)22(2,3)4)30-19-23(5,18-25)21(26)29-17-16-28-15-14-27-6/h24-25H,1,9-19H2,2-8H3. The minimum atomic E-state index is -1.67. The lowest BCUT2D eigenvalue weighted by Gasteiger charge is -2.36. The average molecular weight is 478 g/mol. The Hall–Kier alpha value is -1.13. The molecular weight excluding hydrogens is 430 g/mol. The monoisotopic (exact) mass is 477 g/mol. The minimum Gasteiger partial charge on any atom is -0.478 e. The van der Waals surface area contributed by atoms with Crippen LogP contribution >= 0.6 is 0 Å². The van der Waals surface area contributed by atoms with Crippen molar-refractivity contribution in [2.45, 2.75) is 65.1 Å². The van der Waals surface area contributed by atoms with Crippen LogP contribution in [-0.4, -0.2) is 79.3 Å². The van der Waals surface area contributed by atoms with Crippen LogP contribution in [0.5, 0.6) is 0 Å². The molecule has 0 radical (unpaired) electrons. The largest absolute Gasteiger partial charge is 0.478 e.